The maximum absolute atomic E-state index is 11.9. The van der Waals surface area contributed by atoms with Gasteiger partial charge in [0.05, 0.1) is 6.61 Å². The van der Waals surface area contributed by atoms with Crippen LogP contribution in [0.4, 0.5) is 4.79 Å². The van der Waals surface area contributed by atoms with Crippen molar-refractivity contribution in [3.05, 3.63) is 35.9 Å². The van der Waals surface area contributed by atoms with Crippen molar-refractivity contribution in [3.63, 3.8) is 0 Å². The van der Waals surface area contributed by atoms with Crippen LogP contribution in [0.3, 0.4) is 0 Å². The van der Waals surface area contributed by atoms with Gasteiger partial charge in [0.15, 0.2) is 0 Å². The summed E-state index contributed by atoms with van der Waals surface area (Å²) in [6.07, 6.45) is 16.2. The molecule has 0 aliphatic carbocycles. The minimum absolute atomic E-state index is 0.0912. The molecule has 0 atom stereocenters. The average Bonchev–Trinajstić information content (AvgIpc) is 2.78. The first kappa shape index (κ1) is 27.0. The molecule has 0 aliphatic rings. The summed E-state index contributed by atoms with van der Waals surface area (Å²) in [5, 5.41) is 0. The zero-order valence-electron chi connectivity index (χ0n) is 19.8. The number of hydrogen-bond donors (Lipinski definition) is 0. The second-order valence-electron chi connectivity index (χ2n) is 8.36. The summed E-state index contributed by atoms with van der Waals surface area (Å²) in [6.45, 7) is 2.78. The summed E-state index contributed by atoms with van der Waals surface area (Å²) in [5.74, 6) is -0.391. The molecule has 0 fully saturated rings. The minimum Gasteiger partial charge on any atom is -0.464 e. The van der Waals surface area contributed by atoms with E-state index in [1.54, 1.807) is 7.05 Å². The van der Waals surface area contributed by atoms with Crippen LogP contribution in [0.2, 0.25) is 0 Å². The van der Waals surface area contributed by atoms with Gasteiger partial charge in [-0.05, 0) is 12.0 Å². The van der Waals surface area contributed by atoms with Crippen molar-refractivity contribution in [2.45, 2.75) is 97.0 Å². The molecule has 176 valence electrons. The molecule has 31 heavy (non-hydrogen) atoms. The third-order valence-corrected chi connectivity index (χ3v) is 5.39. The predicted octanol–water partition coefficient (Wildman–Crippen LogP) is 6.89. The van der Waals surface area contributed by atoms with Crippen LogP contribution >= 0.6 is 0 Å². The van der Waals surface area contributed by atoms with E-state index in [0.29, 0.717) is 6.61 Å². The van der Waals surface area contributed by atoms with Crippen molar-refractivity contribution in [1.29, 1.82) is 0 Å². The number of esters is 1. The molecule has 5 heteroatoms. The van der Waals surface area contributed by atoms with Gasteiger partial charge in [-0.3, -0.25) is 4.79 Å². The van der Waals surface area contributed by atoms with Crippen LogP contribution in [0.5, 0.6) is 0 Å². The molecule has 1 aromatic carbocycles. The lowest BCUT2D eigenvalue weighted by atomic mass is 10.0. The standard InChI is InChI=1S/C26H43NO4/c1-3-4-5-6-7-8-9-10-11-12-13-14-18-21-30-25(28)22-27(2)26(29)31-23-24-19-16-15-17-20-24/h15-17,19-20H,3-14,18,21-23H2,1-2H3. The van der Waals surface area contributed by atoms with Gasteiger partial charge in [-0.15, -0.1) is 0 Å². The lowest BCUT2D eigenvalue weighted by molar-refractivity contribution is -0.144. The molecule has 0 radical (unpaired) electrons. The molecular weight excluding hydrogens is 390 g/mol. The van der Waals surface area contributed by atoms with E-state index in [9.17, 15) is 9.59 Å². The third-order valence-electron chi connectivity index (χ3n) is 5.39. The van der Waals surface area contributed by atoms with Crippen molar-refractivity contribution in [3.8, 4) is 0 Å². The first-order chi connectivity index (χ1) is 15.1. The second-order valence-corrected chi connectivity index (χ2v) is 8.36. The number of amides is 1. The molecule has 0 spiro atoms. The topological polar surface area (TPSA) is 55.8 Å². The highest BCUT2D eigenvalue weighted by molar-refractivity contribution is 5.77. The van der Waals surface area contributed by atoms with Crippen molar-refractivity contribution < 1.29 is 19.1 Å². The molecule has 1 rings (SSSR count). The molecule has 0 saturated carbocycles. The van der Waals surface area contributed by atoms with Crippen LogP contribution in [-0.2, 0) is 20.9 Å². The first-order valence-electron chi connectivity index (χ1n) is 12.2. The van der Waals surface area contributed by atoms with Gasteiger partial charge in [-0.2, -0.15) is 0 Å². The van der Waals surface area contributed by atoms with Gasteiger partial charge in [0.25, 0.3) is 0 Å². The van der Waals surface area contributed by atoms with E-state index in [1.807, 2.05) is 30.3 Å². The van der Waals surface area contributed by atoms with Crippen LogP contribution in [-0.4, -0.2) is 37.2 Å². The molecule has 0 N–H and O–H groups in total. The summed E-state index contributed by atoms with van der Waals surface area (Å²) in [4.78, 5) is 25.1. The first-order valence-corrected chi connectivity index (χ1v) is 12.2. The quantitative estimate of drug-likeness (QED) is 0.187. The molecule has 0 aliphatic heterocycles. The SMILES string of the molecule is CCCCCCCCCCCCCCCOC(=O)CN(C)C(=O)OCc1ccccc1. The highest BCUT2D eigenvalue weighted by Gasteiger charge is 2.15. The number of hydrogen-bond acceptors (Lipinski definition) is 4. The fraction of sp³-hybridized carbons (Fsp3) is 0.692. The van der Waals surface area contributed by atoms with E-state index >= 15 is 0 Å². The van der Waals surface area contributed by atoms with Crippen LogP contribution in [0, 0.1) is 0 Å². The van der Waals surface area contributed by atoms with E-state index < -0.39 is 12.1 Å². The van der Waals surface area contributed by atoms with Gasteiger partial charge in [-0.25, -0.2) is 4.79 Å². The van der Waals surface area contributed by atoms with E-state index in [-0.39, 0.29) is 13.2 Å². The second kappa shape index (κ2) is 18.7. The lowest BCUT2D eigenvalue weighted by Crippen LogP contribution is -2.33. The van der Waals surface area contributed by atoms with Crippen molar-refractivity contribution in [2.24, 2.45) is 0 Å². The minimum atomic E-state index is -0.526. The Morgan fingerprint density at radius 3 is 1.81 bits per heavy atom. The van der Waals surface area contributed by atoms with Gasteiger partial charge in [0, 0.05) is 7.05 Å². The lowest BCUT2D eigenvalue weighted by Gasteiger charge is -2.16. The molecule has 0 heterocycles. The summed E-state index contributed by atoms with van der Waals surface area (Å²) in [7, 11) is 1.54. The molecule has 0 aromatic heterocycles. The number of benzene rings is 1. The van der Waals surface area contributed by atoms with E-state index in [0.717, 1.165) is 18.4 Å². The van der Waals surface area contributed by atoms with Crippen molar-refractivity contribution in [1.82, 2.24) is 4.90 Å². The van der Waals surface area contributed by atoms with Gasteiger partial charge < -0.3 is 14.4 Å². The van der Waals surface area contributed by atoms with Crippen LogP contribution in [0.15, 0.2) is 30.3 Å². The third kappa shape index (κ3) is 15.4. The Bertz CT molecular complexity index is 576. The number of ether oxygens (including phenoxy) is 2. The normalized spacial score (nSPS) is 10.6. The monoisotopic (exact) mass is 433 g/mol. The zero-order chi connectivity index (χ0) is 22.6. The Morgan fingerprint density at radius 1 is 0.742 bits per heavy atom. The Kier molecular flexibility index (Phi) is 16.3. The van der Waals surface area contributed by atoms with Gasteiger partial charge in [-0.1, -0.05) is 114 Å². The number of nitrogens with zero attached hydrogens (tertiary/aromatic N) is 1. The summed E-state index contributed by atoms with van der Waals surface area (Å²) >= 11 is 0. The molecule has 1 aromatic rings. The zero-order valence-corrected chi connectivity index (χ0v) is 19.8. The Hall–Kier alpha value is -2.04. The highest BCUT2D eigenvalue weighted by atomic mass is 16.6. The number of rotatable bonds is 18. The molecule has 0 bridgehead atoms. The van der Waals surface area contributed by atoms with Gasteiger partial charge in [0.1, 0.15) is 13.2 Å². The summed E-state index contributed by atoms with van der Waals surface area (Å²) in [6, 6.07) is 9.46. The van der Waals surface area contributed by atoms with E-state index in [2.05, 4.69) is 6.92 Å². The molecule has 1 amide bonds. The van der Waals surface area contributed by atoms with Crippen LogP contribution < -0.4 is 0 Å². The van der Waals surface area contributed by atoms with Crippen LogP contribution in [0.1, 0.15) is 96.0 Å². The predicted molar refractivity (Wildman–Crippen MR) is 126 cm³/mol. The van der Waals surface area contributed by atoms with Crippen molar-refractivity contribution >= 4 is 12.1 Å². The Balaban J connectivity index is 1.91. The van der Waals surface area contributed by atoms with Gasteiger partial charge >= 0.3 is 12.1 Å². The maximum atomic E-state index is 11.9. The molecule has 0 unspecified atom stereocenters. The van der Waals surface area contributed by atoms with E-state index in [4.69, 9.17) is 9.47 Å². The Labute approximate surface area is 189 Å². The fourth-order valence-electron chi connectivity index (χ4n) is 3.44. The summed E-state index contributed by atoms with van der Waals surface area (Å²) in [5.41, 5.74) is 0.911. The van der Waals surface area contributed by atoms with Gasteiger partial charge in [0.2, 0.25) is 0 Å². The smallest absolute Gasteiger partial charge is 0.410 e. The fourth-order valence-corrected chi connectivity index (χ4v) is 3.44. The molecule has 0 saturated heterocycles. The highest BCUT2D eigenvalue weighted by Crippen LogP contribution is 2.12. The number of unbranched alkanes of at least 4 members (excludes halogenated alkanes) is 12. The Morgan fingerprint density at radius 2 is 1.26 bits per heavy atom. The maximum Gasteiger partial charge on any atom is 0.410 e. The largest absolute Gasteiger partial charge is 0.464 e. The number of carbonyl (C=O) groups excluding carboxylic acids is 2. The number of carbonyl (C=O) groups is 2. The summed E-state index contributed by atoms with van der Waals surface area (Å²) < 4.78 is 10.4. The van der Waals surface area contributed by atoms with Crippen molar-refractivity contribution in [2.75, 3.05) is 20.2 Å². The average molecular weight is 434 g/mol. The number of likely N-dealkylation sites (N-methyl/N-ethyl adjacent to an activating group) is 1. The molecule has 5 nitrogen and oxygen atoms in total. The molecular formula is C26H43NO4. The van der Waals surface area contributed by atoms with E-state index in [1.165, 1.54) is 75.5 Å². The van der Waals surface area contributed by atoms with Crippen LogP contribution in [0.25, 0.3) is 0 Å².